The van der Waals surface area contributed by atoms with E-state index in [-0.39, 0.29) is 17.4 Å². The largest absolute Gasteiger partial charge is 0.465 e. The highest BCUT2D eigenvalue weighted by molar-refractivity contribution is 6.30. The maximum atomic E-state index is 12.4. The molecule has 6 heteroatoms. The summed E-state index contributed by atoms with van der Waals surface area (Å²) in [4.78, 5) is 28.1. The first kappa shape index (κ1) is 21.9. The minimum atomic E-state index is -0.896. The molecule has 160 valence electrons. The standard InChI is InChI=1S/C23H33ClN2O3/c1-22(2,3)26(21(28)29)16-23(17-7-6-8-18(24)15-17)12-10-19(11-13-23)25-14-5-4-9-20(25)27/h6-8,15,19H,4-5,9-14,16H2,1-3H3,(H,28,29)/t19-,23-. The van der Waals surface area contributed by atoms with Gasteiger partial charge in [0.1, 0.15) is 0 Å². The van der Waals surface area contributed by atoms with Gasteiger partial charge in [0.15, 0.2) is 0 Å². The zero-order chi connectivity index (χ0) is 21.2. The number of amides is 2. The Balaban J connectivity index is 1.87. The number of carbonyl (C=O) groups excluding carboxylic acids is 1. The van der Waals surface area contributed by atoms with Crippen LogP contribution < -0.4 is 0 Å². The third-order valence-corrected chi connectivity index (χ3v) is 6.89. The molecule has 1 aromatic rings. The Kier molecular flexibility index (Phi) is 6.47. The lowest BCUT2D eigenvalue weighted by Gasteiger charge is -2.48. The van der Waals surface area contributed by atoms with Gasteiger partial charge >= 0.3 is 6.09 Å². The van der Waals surface area contributed by atoms with Gasteiger partial charge in [-0.25, -0.2) is 4.79 Å². The van der Waals surface area contributed by atoms with Crippen LogP contribution in [0.4, 0.5) is 4.79 Å². The molecular weight excluding hydrogens is 388 g/mol. The summed E-state index contributed by atoms with van der Waals surface area (Å²) in [6.07, 6.45) is 5.33. The van der Waals surface area contributed by atoms with Crippen LogP contribution in [0.3, 0.4) is 0 Å². The summed E-state index contributed by atoms with van der Waals surface area (Å²) in [5, 5.41) is 10.6. The van der Waals surface area contributed by atoms with E-state index in [9.17, 15) is 14.7 Å². The second-order valence-corrected chi connectivity index (χ2v) is 10.0. The van der Waals surface area contributed by atoms with Gasteiger partial charge in [-0.05, 0) is 77.0 Å². The first-order chi connectivity index (χ1) is 13.6. The first-order valence-electron chi connectivity index (χ1n) is 10.7. The number of benzene rings is 1. The number of carboxylic acid groups (broad SMARTS) is 1. The van der Waals surface area contributed by atoms with Gasteiger partial charge in [-0.1, -0.05) is 23.7 Å². The summed E-state index contributed by atoms with van der Waals surface area (Å²) in [5.41, 5.74) is 0.326. The van der Waals surface area contributed by atoms with E-state index in [2.05, 4.69) is 11.0 Å². The van der Waals surface area contributed by atoms with E-state index in [1.165, 1.54) is 0 Å². The molecule has 0 spiro atoms. The Labute approximate surface area is 179 Å². The molecule has 0 radical (unpaired) electrons. The molecule has 1 heterocycles. The zero-order valence-corrected chi connectivity index (χ0v) is 18.5. The van der Waals surface area contributed by atoms with Gasteiger partial charge in [0.05, 0.1) is 0 Å². The molecule has 1 saturated carbocycles. The van der Waals surface area contributed by atoms with Crippen LogP contribution in [0.1, 0.15) is 71.3 Å². The minimum absolute atomic E-state index is 0.267. The fourth-order valence-electron chi connectivity index (χ4n) is 4.93. The molecule has 2 fully saturated rings. The lowest BCUT2D eigenvalue weighted by Crippen LogP contribution is -2.54. The fourth-order valence-corrected chi connectivity index (χ4v) is 5.12. The van der Waals surface area contributed by atoms with Crippen molar-refractivity contribution in [2.24, 2.45) is 0 Å². The molecule has 1 aliphatic heterocycles. The van der Waals surface area contributed by atoms with Crippen molar-refractivity contribution in [1.82, 2.24) is 9.80 Å². The predicted molar refractivity (Wildman–Crippen MR) is 115 cm³/mol. The number of halogens is 1. The second-order valence-electron chi connectivity index (χ2n) is 9.61. The summed E-state index contributed by atoms with van der Waals surface area (Å²) in [6, 6.07) is 8.12. The predicted octanol–water partition coefficient (Wildman–Crippen LogP) is 5.31. The summed E-state index contributed by atoms with van der Waals surface area (Å²) in [6.45, 7) is 7.10. The first-order valence-corrected chi connectivity index (χ1v) is 11.1. The van der Waals surface area contributed by atoms with Crippen molar-refractivity contribution in [3.63, 3.8) is 0 Å². The van der Waals surface area contributed by atoms with Crippen molar-refractivity contribution in [3.8, 4) is 0 Å². The smallest absolute Gasteiger partial charge is 0.407 e. The Morgan fingerprint density at radius 1 is 1.28 bits per heavy atom. The third-order valence-electron chi connectivity index (χ3n) is 6.65. The molecule has 3 rings (SSSR count). The fraction of sp³-hybridized carbons (Fsp3) is 0.652. The number of likely N-dealkylation sites (tertiary alicyclic amines) is 1. The van der Waals surface area contributed by atoms with Crippen LogP contribution in [0.5, 0.6) is 0 Å². The second kappa shape index (κ2) is 8.55. The topological polar surface area (TPSA) is 60.9 Å². The minimum Gasteiger partial charge on any atom is -0.465 e. The zero-order valence-electron chi connectivity index (χ0n) is 17.8. The molecule has 1 N–H and O–H groups in total. The maximum Gasteiger partial charge on any atom is 0.407 e. The van der Waals surface area contributed by atoms with Gasteiger partial charge in [0.25, 0.3) is 0 Å². The number of hydrogen-bond donors (Lipinski definition) is 1. The highest BCUT2D eigenvalue weighted by Gasteiger charge is 2.43. The lowest BCUT2D eigenvalue weighted by atomic mass is 9.67. The van der Waals surface area contributed by atoms with Crippen molar-refractivity contribution < 1.29 is 14.7 Å². The molecule has 2 aliphatic rings. The lowest BCUT2D eigenvalue weighted by molar-refractivity contribution is -0.136. The third kappa shape index (κ3) is 4.88. The SMILES string of the molecule is CC(C)(C)N(C[C@]1(c2cccc(Cl)c2)CC[C@H](N2CCCCC2=O)CC1)C(=O)O. The van der Waals surface area contributed by atoms with Crippen LogP contribution in [0.25, 0.3) is 0 Å². The van der Waals surface area contributed by atoms with E-state index in [4.69, 9.17) is 11.6 Å². The molecular formula is C23H33ClN2O3. The van der Waals surface area contributed by atoms with Gasteiger partial charge in [-0.3, -0.25) is 4.79 Å². The Morgan fingerprint density at radius 3 is 2.52 bits per heavy atom. The van der Waals surface area contributed by atoms with Gasteiger partial charge in [0, 0.05) is 41.5 Å². The molecule has 1 saturated heterocycles. The van der Waals surface area contributed by atoms with Crippen LogP contribution >= 0.6 is 11.6 Å². The normalized spacial score (nSPS) is 25.7. The van der Waals surface area contributed by atoms with E-state index in [1.54, 1.807) is 4.90 Å². The number of hydrogen-bond acceptors (Lipinski definition) is 2. The molecule has 2 amide bonds. The van der Waals surface area contributed by atoms with Crippen molar-refractivity contribution in [2.45, 2.75) is 82.7 Å². The van der Waals surface area contributed by atoms with Gasteiger partial charge in [0.2, 0.25) is 5.91 Å². The molecule has 5 nitrogen and oxygen atoms in total. The summed E-state index contributed by atoms with van der Waals surface area (Å²) in [7, 11) is 0. The van der Waals surface area contributed by atoms with Crippen LogP contribution in [-0.4, -0.2) is 51.6 Å². The number of piperidine rings is 1. The average molecular weight is 421 g/mol. The molecule has 0 bridgehead atoms. The summed E-state index contributed by atoms with van der Waals surface area (Å²) >= 11 is 6.30. The number of nitrogens with zero attached hydrogens (tertiary/aromatic N) is 2. The van der Waals surface area contributed by atoms with Crippen molar-refractivity contribution >= 4 is 23.6 Å². The van der Waals surface area contributed by atoms with Gasteiger partial charge in [-0.15, -0.1) is 0 Å². The van der Waals surface area contributed by atoms with Crippen molar-refractivity contribution in [1.29, 1.82) is 0 Å². The maximum absolute atomic E-state index is 12.4. The Bertz CT molecular complexity index is 751. The van der Waals surface area contributed by atoms with Gasteiger partial charge in [-0.2, -0.15) is 0 Å². The molecule has 0 atom stereocenters. The Morgan fingerprint density at radius 2 is 1.97 bits per heavy atom. The van der Waals surface area contributed by atoms with Crippen molar-refractivity contribution in [2.75, 3.05) is 13.1 Å². The highest BCUT2D eigenvalue weighted by Crippen LogP contribution is 2.43. The number of rotatable bonds is 4. The summed E-state index contributed by atoms with van der Waals surface area (Å²) < 4.78 is 0. The Hall–Kier alpha value is -1.75. The van der Waals surface area contributed by atoms with Crippen LogP contribution in [0, 0.1) is 0 Å². The molecule has 29 heavy (non-hydrogen) atoms. The van der Waals surface area contributed by atoms with E-state index in [1.807, 2.05) is 39.0 Å². The van der Waals surface area contributed by atoms with E-state index in [0.717, 1.165) is 50.6 Å². The quantitative estimate of drug-likeness (QED) is 0.717. The summed E-state index contributed by atoms with van der Waals surface area (Å²) in [5.74, 6) is 0.276. The van der Waals surface area contributed by atoms with E-state index < -0.39 is 11.6 Å². The van der Waals surface area contributed by atoms with Crippen LogP contribution in [0.15, 0.2) is 24.3 Å². The van der Waals surface area contributed by atoms with E-state index in [0.29, 0.717) is 18.0 Å². The molecule has 1 aromatic carbocycles. The highest BCUT2D eigenvalue weighted by atomic mass is 35.5. The molecule has 0 unspecified atom stereocenters. The van der Waals surface area contributed by atoms with E-state index >= 15 is 0 Å². The van der Waals surface area contributed by atoms with Crippen LogP contribution in [-0.2, 0) is 10.2 Å². The molecule has 1 aliphatic carbocycles. The average Bonchev–Trinajstić information content (AvgIpc) is 2.66. The number of carbonyl (C=O) groups is 2. The van der Waals surface area contributed by atoms with Gasteiger partial charge < -0.3 is 14.9 Å². The van der Waals surface area contributed by atoms with Crippen LogP contribution in [0.2, 0.25) is 5.02 Å². The monoisotopic (exact) mass is 420 g/mol. The molecule has 0 aromatic heterocycles. The van der Waals surface area contributed by atoms with Crippen molar-refractivity contribution in [3.05, 3.63) is 34.9 Å².